The molecule has 0 aromatic heterocycles. The highest BCUT2D eigenvalue weighted by Crippen LogP contribution is 2.25. The summed E-state index contributed by atoms with van der Waals surface area (Å²) in [6.07, 6.45) is 0. The fourth-order valence-electron chi connectivity index (χ4n) is 0.287. The Morgan fingerprint density at radius 1 is 1.43 bits per heavy atom. The van der Waals surface area contributed by atoms with Gasteiger partial charge in [0.25, 0.3) is 0 Å². The van der Waals surface area contributed by atoms with E-state index in [4.69, 9.17) is 0 Å². The molecular weight excluding hydrogens is 248 g/mol. The van der Waals surface area contributed by atoms with Crippen LogP contribution in [-0.2, 0) is 21.3 Å². The van der Waals surface area contributed by atoms with Crippen LogP contribution in [0.1, 0.15) is 6.92 Å². The van der Waals surface area contributed by atoms with Crippen LogP contribution in [0.25, 0.3) is 0 Å². The van der Waals surface area contributed by atoms with Crippen molar-refractivity contribution in [2.45, 2.75) is 12.4 Å². The van der Waals surface area contributed by atoms with E-state index < -0.39 is 26.8 Å². The molecule has 1 unspecified atom stereocenters. The Kier molecular flexibility index (Phi) is 4.46. The van der Waals surface area contributed by atoms with Gasteiger partial charge in [-0.15, -0.1) is 3.89 Å². The Balaban J connectivity index is 5.01. The summed E-state index contributed by atoms with van der Waals surface area (Å²) in [5.41, 5.74) is -5.54. The first-order valence-electron chi connectivity index (χ1n) is 3.28. The minimum absolute atomic E-state index is 0.0521. The number of alkyl halides is 3. The first-order chi connectivity index (χ1) is 6.12. The zero-order chi connectivity index (χ0) is 11.6. The van der Waals surface area contributed by atoms with Gasteiger partial charge in [-0.3, -0.25) is 0 Å². The maximum absolute atomic E-state index is 12.7. The molecule has 0 rings (SSSR count). The van der Waals surface area contributed by atoms with E-state index in [0.717, 1.165) is 11.4 Å². The number of hydrogen-bond donors (Lipinski definition) is 0. The smallest absolute Gasteiger partial charge is 0.217 e. The van der Waals surface area contributed by atoms with E-state index in [1.165, 1.54) is 6.92 Å². The number of nitrogens with zero attached hydrogens (tertiary/aromatic N) is 2. The molecule has 0 bridgehead atoms. The summed E-state index contributed by atoms with van der Waals surface area (Å²) in [5.74, 6) is 0. The van der Waals surface area contributed by atoms with Crippen molar-refractivity contribution in [3.63, 3.8) is 0 Å². The van der Waals surface area contributed by atoms with Crippen LogP contribution in [0.4, 0.5) is 17.1 Å². The summed E-state index contributed by atoms with van der Waals surface area (Å²) in [4.78, 5) is 0. The van der Waals surface area contributed by atoms with Gasteiger partial charge in [-0.25, -0.2) is 4.31 Å². The van der Waals surface area contributed by atoms with Crippen molar-refractivity contribution in [1.29, 1.82) is 0 Å². The summed E-state index contributed by atoms with van der Waals surface area (Å²) in [7, 11) is -4.61. The molecular formula is C4H8F4N2O2S2. The van der Waals surface area contributed by atoms with Crippen molar-refractivity contribution in [1.82, 2.24) is 4.31 Å². The Labute approximate surface area is 81.5 Å². The van der Waals surface area contributed by atoms with Crippen LogP contribution in [0.5, 0.6) is 0 Å². The quantitative estimate of drug-likeness (QED) is 0.717. The predicted molar refractivity (Wildman–Crippen MR) is 44.2 cm³/mol. The summed E-state index contributed by atoms with van der Waals surface area (Å²) < 4.78 is 71.3. The van der Waals surface area contributed by atoms with E-state index >= 15 is 0 Å². The molecule has 0 aromatic carbocycles. The van der Waals surface area contributed by atoms with Crippen LogP contribution >= 0.6 is 0 Å². The lowest BCUT2D eigenvalue weighted by Gasteiger charge is -2.10. The molecule has 0 aliphatic heterocycles. The lowest BCUT2D eigenvalue weighted by molar-refractivity contribution is -0.0434. The van der Waals surface area contributed by atoms with Crippen LogP contribution in [0.2, 0.25) is 0 Å². The third-order valence-corrected chi connectivity index (χ3v) is 3.79. The minimum atomic E-state index is -5.73. The summed E-state index contributed by atoms with van der Waals surface area (Å²) in [6, 6.07) is 0. The third-order valence-electron chi connectivity index (χ3n) is 1.15. The molecule has 0 saturated heterocycles. The van der Waals surface area contributed by atoms with E-state index in [1.807, 2.05) is 0 Å². The van der Waals surface area contributed by atoms with Gasteiger partial charge in [0, 0.05) is 13.6 Å². The third kappa shape index (κ3) is 3.50. The molecule has 4 nitrogen and oxygen atoms in total. The van der Waals surface area contributed by atoms with Crippen molar-refractivity contribution in [3.8, 4) is 0 Å². The van der Waals surface area contributed by atoms with Crippen molar-refractivity contribution >= 4 is 21.3 Å². The summed E-state index contributed by atoms with van der Waals surface area (Å²) >= 11 is -2.78. The average Bonchev–Trinajstić information content (AvgIpc) is 2.00. The van der Waals surface area contributed by atoms with E-state index in [9.17, 15) is 25.5 Å². The van der Waals surface area contributed by atoms with Gasteiger partial charge < -0.3 is 0 Å². The molecule has 0 aliphatic carbocycles. The fourth-order valence-corrected chi connectivity index (χ4v) is 1.94. The van der Waals surface area contributed by atoms with Crippen molar-refractivity contribution in [3.05, 3.63) is 0 Å². The number of sulfonamides is 1. The van der Waals surface area contributed by atoms with Gasteiger partial charge in [-0.05, 0) is 0 Å². The largest absolute Gasteiger partial charge is 0.519 e. The molecule has 0 spiro atoms. The molecule has 0 N–H and O–H groups in total. The van der Waals surface area contributed by atoms with Crippen LogP contribution in [0.3, 0.4) is 0 Å². The van der Waals surface area contributed by atoms with Crippen LogP contribution in [0, 0.1) is 0 Å². The normalized spacial score (nSPS) is 16.2. The molecule has 0 fully saturated rings. The average molecular weight is 256 g/mol. The number of rotatable bonds is 3. The molecule has 1 atom stereocenters. The Morgan fingerprint density at radius 2 is 1.86 bits per heavy atom. The van der Waals surface area contributed by atoms with Crippen LogP contribution in [0.15, 0.2) is 3.77 Å². The van der Waals surface area contributed by atoms with E-state index in [1.54, 1.807) is 0 Å². The number of halogens is 4. The van der Waals surface area contributed by atoms with Crippen LogP contribution < -0.4 is 0 Å². The molecule has 10 heteroatoms. The Hall–Kier alpha value is -0.220. The molecule has 0 amide bonds. The van der Waals surface area contributed by atoms with Gasteiger partial charge in [-0.1, -0.05) is 10.7 Å². The molecule has 0 aromatic rings. The molecule has 14 heavy (non-hydrogen) atoms. The van der Waals surface area contributed by atoms with Crippen molar-refractivity contribution in [2.24, 2.45) is 3.77 Å². The van der Waals surface area contributed by atoms with Crippen LogP contribution in [-0.4, -0.2) is 31.8 Å². The van der Waals surface area contributed by atoms with Gasteiger partial charge in [0.05, 0.1) is 0 Å². The maximum atomic E-state index is 12.7. The second-order valence-corrected chi connectivity index (χ2v) is 5.23. The standard InChI is InChI=1S/C4H8F4N2O2S2/c1-3-10(2)13(8)9-14(11,12)4(5,6)7/h3H2,1-2H3. The van der Waals surface area contributed by atoms with Gasteiger partial charge >= 0.3 is 15.5 Å². The Bertz CT molecular complexity index is 323. The zero-order valence-electron chi connectivity index (χ0n) is 7.25. The second-order valence-electron chi connectivity index (χ2n) is 2.16. The fraction of sp³-hybridized carbons (Fsp3) is 1.00. The first kappa shape index (κ1) is 13.8. The maximum Gasteiger partial charge on any atom is 0.519 e. The molecule has 0 radical (unpaired) electrons. The van der Waals surface area contributed by atoms with E-state index in [0.29, 0.717) is 0 Å². The molecule has 0 heterocycles. The lowest BCUT2D eigenvalue weighted by Crippen LogP contribution is -2.24. The molecule has 0 aliphatic rings. The highest BCUT2D eigenvalue weighted by molar-refractivity contribution is 7.98. The summed E-state index contributed by atoms with van der Waals surface area (Å²) in [6.45, 7) is 1.51. The monoisotopic (exact) mass is 256 g/mol. The minimum Gasteiger partial charge on any atom is -0.217 e. The Morgan fingerprint density at radius 3 is 2.14 bits per heavy atom. The highest BCUT2D eigenvalue weighted by atomic mass is 32.3. The van der Waals surface area contributed by atoms with Crippen molar-refractivity contribution < 1.29 is 25.5 Å². The lowest BCUT2D eigenvalue weighted by atomic mass is 10.8. The highest BCUT2D eigenvalue weighted by Gasteiger charge is 2.46. The van der Waals surface area contributed by atoms with Gasteiger partial charge in [-0.2, -0.15) is 21.6 Å². The van der Waals surface area contributed by atoms with Gasteiger partial charge in [0.15, 0.2) is 11.3 Å². The second kappa shape index (κ2) is 4.53. The predicted octanol–water partition coefficient (Wildman–Crippen LogP) is 1.39. The first-order valence-corrected chi connectivity index (χ1v) is 5.76. The summed E-state index contributed by atoms with van der Waals surface area (Å²) in [5, 5.41) is 0. The molecule has 0 saturated carbocycles. The van der Waals surface area contributed by atoms with Crippen molar-refractivity contribution in [2.75, 3.05) is 13.6 Å². The van der Waals surface area contributed by atoms with Gasteiger partial charge in [0.1, 0.15) is 0 Å². The zero-order valence-corrected chi connectivity index (χ0v) is 8.88. The topological polar surface area (TPSA) is 49.7 Å². The van der Waals surface area contributed by atoms with Gasteiger partial charge in [0.2, 0.25) is 0 Å². The van der Waals surface area contributed by atoms with E-state index in [-0.39, 0.29) is 6.54 Å². The molecule has 86 valence electrons. The number of hydrogen-bond acceptors (Lipinski definition) is 2. The van der Waals surface area contributed by atoms with E-state index in [2.05, 4.69) is 3.77 Å². The SMILES string of the molecule is CCN(C)S(F)=NS(=O)(=O)C(F)(F)F.